The first-order valence-corrected chi connectivity index (χ1v) is 15.1. The highest BCUT2D eigenvalue weighted by Crippen LogP contribution is 2.28. The van der Waals surface area contributed by atoms with Gasteiger partial charge in [-0.05, 0) is 76.4 Å². The highest BCUT2D eigenvalue weighted by Gasteiger charge is 2.34. The van der Waals surface area contributed by atoms with Crippen LogP contribution in [0.2, 0.25) is 0 Å². The van der Waals surface area contributed by atoms with E-state index in [-0.39, 0.29) is 23.0 Å². The summed E-state index contributed by atoms with van der Waals surface area (Å²) in [7, 11) is -2.66. The summed E-state index contributed by atoms with van der Waals surface area (Å²) >= 11 is 0. The lowest BCUT2D eigenvalue weighted by Crippen LogP contribution is -2.55. The van der Waals surface area contributed by atoms with E-state index in [4.69, 9.17) is 4.74 Å². The number of rotatable bonds is 11. The SMILES string of the molecule is CC[C@H](C(=O)NC(C)(C)C)N(Cc1ccccc1C)C(=O)CN(c1cccc(OC)c1)S(=O)(=O)c1ccc(C)cc1. The number of carbonyl (C=O) groups is 2. The second-order valence-corrected chi connectivity index (χ2v) is 13.0. The lowest BCUT2D eigenvalue weighted by molar-refractivity contribution is -0.141. The Balaban J connectivity index is 2.10. The van der Waals surface area contributed by atoms with E-state index >= 15 is 0 Å². The van der Waals surface area contributed by atoms with E-state index in [1.807, 2.05) is 65.8 Å². The van der Waals surface area contributed by atoms with Crippen LogP contribution in [0.25, 0.3) is 0 Å². The van der Waals surface area contributed by atoms with Crippen LogP contribution in [0.15, 0.2) is 77.7 Å². The van der Waals surface area contributed by atoms with Crippen LogP contribution in [0.1, 0.15) is 50.8 Å². The van der Waals surface area contributed by atoms with Crippen molar-refractivity contribution in [1.29, 1.82) is 0 Å². The van der Waals surface area contributed by atoms with Gasteiger partial charge in [0.05, 0.1) is 17.7 Å². The monoisotopic (exact) mass is 579 g/mol. The molecule has 0 heterocycles. The fraction of sp³-hybridized carbons (Fsp3) is 0.375. The number of amides is 2. The third-order valence-electron chi connectivity index (χ3n) is 6.72. The molecule has 0 saturated heterocycles. The molecule has 41 heavy (non-hydrogen) atoms. The highest BCUT2D eigenvalue weighted by molar-refractivity contribution is 7.92. The number of ether oxygens (including phenoxy) is 1. The Morgan fingerprint density at radius 3 is 2.20 bits per heavy atom. The van der Waals surface area contributed by atoms with Crippen LogP contribution < -0.4 is 14.4 Å². The molecule has 0 aromatic heterocycles. The number of hydrogen-bond acceptors (Lipinski definition) is 5. The summed E-state index contributed by atoms with van der Waals surface area (Å²) < 4.78 is 34.5. The zero-order valence-electron chi connectivity index (χ0n) is 25.0. The molecule has 0 saturated carbocycles. The molecule has 1 atom stereocenters. The number of aryl methyl sites for hydroxylation is 2. The molecule has 3 rings (SSSR count). The van der Waals surface area contributed by atoms with Gasteiger partial charge in [-0.25, -0.2) is 8.42 Å². The summed E-state index contributed by atoms with van der Waals surface area (Å²) in [4.78, 5) is 29.2. The number of carbonyl (C=O) groups excluding carboxylic acids is 2. The maximum Gasteiger partial charge on any atom is 0.264 e. The first-order chi connectivity index (χ1) is 19.3. The molecule has 1 N–H and O–H groups in total. The van der Waals surface area contributed by atoms with Gasteiger partial charge in [0.1, 0.15) is 18.3 Å². The van der Waals surface area contributed by atoms with Crippen LogP contribution >= 0.6 is 0 Å². The van der Waals surface area contributed by atoms with Gasteiger partial charge < -0.3 is 15.0 Å². The van der Waals surface area contributed by atoms with Gasteiger partial charge in [-0.15, -0.1) is 0 Å². The van der Waals surface area contributed by atoms with E-state index in [1.165, 1.54) is 24.1 Å². The maximum absolute atomic E-state index is 14.2. The first-order valence-electron chi connectivity index (χ1n) is 13.7. The normalized spacial score (nSPS) is 12.4. The van der Waals surface area contributed by atoms with E-state index in [0.717, 1.165) is 21.0 Å². The smallest absolute Gasteiger partial charge is 0.264 e. The molecule has 0 unspecified atom stereocenters. The van der Waals surface area contributed by atoms with Crippen molar-refractivity contribution < 1.29 is 22.7 Å². The Hall–Kier alpha value is -3.85. The van der Waals surface area contributed by atoms with Crippen molar-refractivity contribution in [3.8, 4) is 5.75 Å². The van der Waals surface area contributed by atoms with Crippen molar-refractivity contribution in [2.45, 2.75) is 71.0 Å². The molecule has 0 spiro atoms. The Labute approximate surface area is 244 Å². The molecular formula is C32H41N3O5S. The first kappa shape index (κ1) is 31.7. The van der Waals surface area contributed by atoms with Gasteiger partial charge in [0, 0.05) is 18.2 Å². The third-order valence-corrected chi connectivity index (χ3v) is 8.50. The Morgan fingerprint density at radius 1 is 0.951 bits per heavy atom. The molecule has 0 aliphatic rings. The van der Waals surface area contributed by atoms with Gasteiger partial charge >= 0.3 is 0 Å². The summed E-state index contributed by atoms with van der Waals surface area (Å²) in [6, 6.07) is 19.9. The van der Waals surface area contributed by atoms with Crippen LogP contribution in [0.3, 0.4) is 0 Å². The number of nitrogens with one attached hydrogen (secondary N) is 1. The quantitative estimate of drug-likeness (QED) is 0.336. The fourth-order valence-electron chi connectivity index (χ4n) is 4.48. The number of nitrogens with zero attached hydrogens (tertiary/aromatic N) is 2. The second-order valence-electron chi connectivity index (χ2n) is 11.1. The maximum atomic E-state index is 14.2. The standard InChI is InChI=1S/C32H41N3O5S/c1-8-29(31(37)33-32(4,5)6)34(21-25-13-10-9-12-24(25)3)30(36)22-35(26-14-11-15-27(20-26)40-7)41(38,39)28-18-16-23(2)17-19-28/h9-20,29H,8,21-22H2,1-7H3,(H,33,37)/t29-/m1/s1. The van der Waals surface area contributed by atoms with Crippen molar-refractivity contribution in [3.63, 3.8) is 0 Å². The van der Waals surface area contributed by atoms with Crippen LogP contribution in [0.4, 0.5) is 5.69 Å². The van der Waals surface area contributed by atoms with E-state index < -0.39 is 34.1 Å². The van der Waals surface area contributed by atoms with Gasteiger partial charge in [-0.1, -0.05) is 55.0 Å². The van der Waals surface area contributed by atoms with Crippen molar-refractivity contribution in [2.75, 3.05) is 18.0 Å². The van der Waals surface area contributed by atoms with Crippen molar-refractivity contribution in [2.24, 2.45) is 0 Å². The number of anilines is 1. The highest BCUT2D eigenvalue weighted by atomic mass is 32.2. The van der Waals surface area contributed by atoms with Crippen molar-refractivity contribution in [1.82, 2.24) is 10.2 Å². The third kappa shape index (κ3) is 8.10. The van der Waals surface area contributed by atoms with E-state index in [9.17, 15) is 18.0 Å². The van der Waals surface area contributed by atoms with E-state index in [1.54, 1.807) is 36.4 Å². The zero-order chi connectivity index (χ0) is 30.4. The van der Waals surface area contributed by atoms with Crippen LogP contribution in [0.5, 0.6) is 5.75 Å². The lowest BCUT2D eigenvalue weighted by atomic mass is 10.0. The van der Waals surface area contributed by atoms with E-state index in [0.29, 0.717) is 12.2 Å². The number of benzene rings is 3. The van der Waals surface area contributed by atoms with Gasteiger partial charge in [-0.2, -0.15) is 0 Å². The zero-order valence-corrected chi connectivity index (χ0v) is 25.8. The molecule has 8 nitrogen and oxygen atoms in total. The minimum Gasteiger partial charge on any atom is -0.497 e. The molecule has 0 radical (unpaired) electrons. The number of methoxy groups -OCH3 is 1. The van der Waals surface area contributed by atoms with Gasteiger partial charge in [0.2, 0.25) is 11.8 Å². The summed E-state index contributed by atoms with van der Waals surface area (Å²) in [6.07, 6.45) is 0.351. The Kier molecular flexibility index (Phi) is 10.2. The minimum absolute atomic E-state index is 0.0571. The molecule has 220 valence electrons. The van der Waals surface area contributed by atoms with Crippen LogP contribution in [-0.4, -0.2) is 50.4 Å². The molecule has 3 aromatic carbocycles. The predicted octanol–water partition coefficient (Wildman–Crippen LogP) is 5.23. The van der Waals surface area contributed by atoms with Crippen molar-refractivity contribution in [3.05, 3.63) is 89.5 Å². The molecule has 0 aliphatic carbocycles. The van der Waals surface area contributed by atoms with Crippen LogP contribution in [0, 0.1) is 13.8 Å². The molecular weight excluding hydrogens is 538 g/mol. The lowest BCUT2D eigenvalue weighted by Gasteiger charge is -2.35. The largest absolute Gasteiger partial charge is 0.497 e. The molecule has 0 bridgehead atoms. The van der Waals surface area contributed by atoms with Gasteiger partial charge in [0.25, 0.3) is 10.0 Å². The van der Waals surface area contributed by atoms with Crippen molar-refractivity contribution >= 4 is 27.5 Å². The predicted molar refractivity (Wildman–Crippen MR) is 162 cm³/mol. The summed E-state index contributed by atoms with van der Waals surface area (Å²) in [6.45, 7) is 10.9. The average molecular weight is 580 g/mol. The van der Waals surface area contributed by atoms with Gasteiger partial charge in [-0.3, -0.25) is 13.9 Å². The minimum atomic E-state index is -4.16. The molecule has 0 fully saturated rings. The van der Waals surface area contributed by atoms with Crippen LogP contribution in [-0.2, 0) is 26.2 Å². The fourth-order valence-corrected chi connectivity index (χ4v) is 5.88. The Bertz CT molecular complexity index is 1460. The molecule has 2 amide bonds. The molecule has 0 aliphatic heterocycles. The average Bonchev–Trinajstić information content (AvgIpc) is 2.91. The van der Waals surface area contributed by atoms with Gasteiger partial charge in [0.15, 0.2) is 0 Å². The topological polar surface area (TPSA) is 96.0 Å². The number of hydrogen-bond donors (Lipinski definition) is 1. The summed E-state index contributed by atoms with van der Waals surface area (Å²) in [5, 5.41) is 2.99. The Morgan fingerprint density at radius 2 is 1.61 bits per heavy atom. The van der Waals surface area contributed by atoms with E-state index in [2.05, 4.69) is 5.32 Å². The molecule has 3 aromatic rings. The number of sulfonamides is 1. The molecule has 9 heteroatoms. The summed E-state index contributed by atoms with van der Waals surface area (Å²) in [5.74, 6) is -0.342. The summed E-state index contributed by atoms with van der Waals surface area (Å²) in [5.41, 5.74) is 2.52. The second kappa shape index (κ2) is 13.2.